The van der Waals surface area contributed by atoms with E-state index in [2.05, 4.69) is 31.3 Å². The molecule has 27 heavy (non-hydrogen) atoms. The van der Waals surface area contributed by atoms with E-state index in [0.717, 1.165) is 11.1 Å². The van der Waals surface area contributed by atoms with E-state index in [4.69, 9.17) is 9.47 Å². The highest BCUT2D eigenvalue weighted by Crippen LogP contribution is 2.35. The lowest BCUT2D eigenvalue weighted by Gasteiger charge is -2.12. The van der Waals surface area contributed by atoms with Crippen LogP contribution in [-0.2, 0) is 13.1 Å². The molecule has 0 bridgehead atoms. The minimum Gasteiger partial charge on any atom is -0.495 e. The second-order valence-electron chi connectivity index (χ2n) is 5.79. The van der Waals surface area contributed by atoms with Gasteiger partial charge in [-0.05, 0) is 39.2 Å². The summed E-state index contributed by atoms with van der Waals surface area (Å²) in [5.41, 5.74) is 2.58. The van der Waals surface area contributed by atoms with E-state index < -0.39 is 0 Å². The van der Waals surface area contributed by atoms with Crippen LogP contribution in [-0.4, -0.2) is 34.9 Å². The van der Waals surface area contributed by atoms with E-state index in [9.17, 15) is 4.79 Å². The zero-order valence-electron chi connectivity index (χ0n) is 15.0. The molecule has 0 atom stereocenters. The molecule has 0 radical (unpaired) electrons. The number of rotatable bonds is 7. The summed E-state index contributed by atoms with van der Waals surface area (Å²) in [6.07, 6.45) is 3.19. The normalized spacial score (nSPS) is 10.5. The molecule has 0 saturated carbocycles. The maximum atomic E-state index is 12.5. The molecule has 1 amide bonds. The fraction of sp³-hybridized carbons (Fsp3) is 0.211. The van der Waals surface area contributed by atoms with Crippen LogP contribution in [0, 0.1) is 0 Å². The molecule has 0 unspecified atom stereocenters. The lowest BCUT2D eigenvalue weighted by Crippen LogP contribution is -2.23. The van der Waals surface area contributed by atoms with E-state index >= 15 is 0 Å². The lowest BCUT2D eigenvalue weighted by molar-refractivity contribution is 0.0950. The summed E-state index contributed by atoms with van der Waals surface area (Å²) in [7, 11) is 3.09. The van der Waals surface area contributed by atoms with E-state index in [1.807, 2.05) is 24.3 Å². The Balaban J connectivity index is 1.63. The summed E-state index contributed by atoms with van der Waals surface area (Å²) in [5, 5.41) is 7.00. The Morgan fingerprint density at radius 3 is 2.30 bits per heavy atom. The van der Waals surface area contributed by atoms with Gasteiger partial charge in [-0.3, -0.25) is 4.79 Å². The monoisotopic (exact) mass is 430 g/mol. The molecule has 0 spiro atoms. The van der Waals surface area contributed by atoms with Crippen LogP contribution in [0.25, 0.3) is 0 Å². The molecule has 0 saturated heterocycles. The quantitative estimate of drug-likeness (QED) is 0.622. The summed E-state index contributed by atoms with van der Waals surface area (Å²) < 4.78 is 13.0. The van der Waals surface area contributed by atoms with Gasteiger partial charge in [0, 0.05) is 12.1 Å². The van der Waals surface area contributed by atoms with E-state index in [-0.39, 0.29) is 5.91 Å². The first kappa shape index (κ1) is 18.9. The number of methoxy groups -OCH3 is 2. The molecule has 0 aliphatic rings. The molecular formula is C19H19BrN4O3. The number of aromatic nitrogens is 3. The molecule has 7 nitrogen and oxygen atoms in total. The number of benzene rings is 2. The number of nitrogens with one attached hydrogen (secondary N) is 1. The molecule has 140 valence electrons. The van der Waals surface area contributed by atoms with Crippen LogP contribution < -0.4 is 14.8 Å². The van der Waals surface area contributed by atoms with Gasteiger partial charge < -0.3 is 14.8 Å². The maximum absolute atomic E-state index is 12.5. The number of hydrogen-bond acceptors (Lipinski definition) is 5. The van der Waals surface area contributed by atoms with Crippen molar-refractivity contribution in [1.29, 1.82) is 0 Å². The second kappa shape index (κ2) is 8.68. The van der Waals surface area contributed by atoms with Crippen molar-refractivity contribution < 1.29 is 14.3 Å². The minimum absolute atomic E-state index is 0.203. The topological polar surface area (TPSA) is 78.3 Å². The number of hydrogen-bond donors (Lipinski definition) is 1. The predicted molar refractivity (Wildman–Crippen MR) is 104 cm³/mol. The Hall–Kier alpha value is -2.87. The van der Waals surface area contributed by atoms with Gasteiger partial charge in [-0.25, -0.2) is 9.67 Å². The number of ether oxygens (including phenoxy) is 2. The van der Waals surface area contributed by atoms with Crippen molar-refractivity contribution in [3.63, 3.8) is 0 Å². The first-order valence-electron chi connectivity index (χ1n) is 8.20. The van der Waals surface area contributed by atoms with Gasteiger partial charge in [0.15, 0.2) is 0 Å². The maximum Gasteiger partial charge on any atom is 0.251 e. The number of halogens is 1. The van der Waals surface area contributed by atoms with Gasteiger partial charge in [-0.1, -0.05) is 24.3 Å². The average Bonchev–Trinajstić information content (AvgIpc) is 3.20. The second-order valence-corrected chi connectivity index (χ2v) is 6.58. The third-order valence-electron chi connectivity index (χ3n) is 4.00. The first-order valence-corrected chi connectivity index (χ1v) is 9.00. The molecule has 1 heterocycles. The molecule has 3 aromatic rings. The molecule has 0 aliphatic heterocycles. The summed E-state index contributed by atoms with van der Waals surface area (Å²) in [6, 6.07) is 11.3. The van der Waals surface area contributed by atoms with Gasteiger partial charge in [0.2, 0.25) is 0 Å². The largest absolute Gasteiger partial charge is 0.495 e. The van der Waals surface area contributed by atoms with Gasteiger partial charge in [0.05, 0.1) is 20.8 Å². The number of amides is 1. The third-order valence-corrected chi connectivity index (χ3v) is 4.78. The summed E-state index contributed by atoms with van der Waals surface area (Å²) in [6.45, 7) is 1.08. The zero-order valence-corrected chi connectivity index (χ0v) is 16.6. The Labute approximate surface area is 165 Å². The summed E-state index contributed by atoms with van der Waals surface area (Å²) in [4.78, 5) is 16.4. The van der Waals surface area contributed by atoms with Crippen LogP contribution in [0.2, 0.25) is 0 Å². The van der Waals surface area contributed by atoms with Gasteiger partial charge in [0.25, 0.3) is 5.91 Å². The summed E-state index contributed by atoms with van der Waals surface area (Å²) in [5.74, 6) is 0.875. The molecule has 0 aliphatic carbocycles. The average molecular weight is 431 g/mol. The van der Waals surface area contributed by atoms with Crippen molar-refractivity contribution in [2.75, 3.05) is 14.2 Å². The van der Waals surface area contributed by atoms with Crippen molar-refractivity contribution in [2.45, 2.75) is 13.1 Å². The molecule has 0 fully saturated rings. The number of nitrogens with zero attached hydrogens (tertiary/aromatic N) is 3. The molecule has 1 aromatic heterocycles. The molecule has 8 heteroatoms. The van der Waals surface area contributed by atoms with Crippen LogP contribution in [0.1, 0.15) is 21.5 Å². The Morgan fingerprint density at radius 1 is 1.11 bits per heavy atom. The summed E-state index contributed by atoms with van der Waals surface area (Å²) >= 11 is 3.40. The van der Waals surface area contributed by atoms with Crippen molar-refractivity contribution in [3.8, 4) is 11.5 Å². The van der Waals surface area contributed by atoms with Gasteiger partial charge in [0.1, 0.15) is 28.6 Å². The number of carbonyl (C=O) groups excluding carboxylic acids is 1. The fourth-order valence-electron chi connectivity index (χ4n) is 2.55. The van der Waals surface area contributed by atoms with Gasteiger partial charge in [-0.15, -0.1) is 0 Å². The highest BCUT2D eigenvalue weighted by Gasteiger charge is 2.14. The van der Waals surface area contributed by atoms with Crippen molar-refractivity contribution in [1.82, 2.24) is 20.1 Å². The molecule has 1 N–H and O–H groups in total. The smallest absolute Gasteiger partial charge is 0.251 e. The van der Waals surface area contributed by atoms with Crippen LogP contribution in [0.4, 0.5) is 0 Å². The van der Waals surface area contributed by atoms with E-state index in [0.29, 0.717) is 34.6 Å². The Kier molecular flexibility index (Phi) is 6.08. The standard InChI is InChI=1S/C19H19BrN4O3/c1-26-16-7-15(8-17(27-2)18(16)20)19(25)22-9-13-3-5-14(6-4-13)10-24-12-21-11-23-24/h3-8,11-12H,9-10H2,1-2H3,(H,22,25). The fourth-order valence-corrected chi connectivity index (χ4v) is 3.10. The van der Waals surface area contributed by atoms with Gasteiger partial charge >= 0.3 is 0 Å². The highest BCUT2D eigenvalue weighted by atomic mass is 79.9. The van der Waals surface area contributed by atoms with Gasteiger partial charge in [-0.2, -0.15) is 5.10 Å². The minimum atomic E-state index is -0.203. The van der Waals surface area contributed by atoms with E-state index in [1.165, 1.54) is 6.33 Å². The first-order chi connectivity index (χ1) is 13.1. The third kappa shape index (κ3) is 4.65. The Bertz CT molecular complexity index is 886. The van der Waals surface area contributed by atoms with Crippen LogP contribution in [0.3, 0.4) is 0 Å². The van der Waals surface area contributed by atoms with Crippen LogP contribution >= 0.6 is 15.9 Å². The highest BCUT2D eigenvalue weighted by molar-refractivity contribution is 9.10. The zero-order chi connectivity index (χ0) is 19.2. The lowest BCUT2D eigenvalue weighted by atomic mass is 10.1. The van der Waals surface area contributed by atoms with Crippen molar-refractivity contribution in [3.05, 3.63) is 70.2 Å². The predicted octanol–water partition coefficient (Wildman–Crippen LogP) is 3.04. The van der Waals surface area contributed by atoms with Crippen LogP contribution in [0.5, 0.6) is 11.5 Å². The van der Waals surface area contributed by atoms with Crippen LogP contribution in [0.15, 0.2) is 53.5 Å². The SMILES string of the molecule is COc1cc(C(=O)NCc2ccc(Cn3cncn3)cc2)cc(OC)c1Br. The molecular weight excluding hydrogens is 412 g/mol. The van der Waals surface area contributed by atoms with E-state index in [1.54, 1.807) is 37.4 Å². The van der Waals surface area contributed by atoms with Crippen molar-refractivity contribution >= 4 is 21.8 Å². The van der Waals surface area contributed by atoms with Crippen molar-refractivity contribution in [2.24, 2.45) is 0 Å². The molecule has 2 aromatic carbocycles. The number of carbonyl (C=O) groups is 1. The Morgan fingerprint density at radius 2 is 1.74 bits per heavy atom. The molecule has 3 rings (SSSR count).